The minimum absolute atomic E-state index is 0.153. The summed E-state index contributed by atoms with van der Waals surface area (Å²) in [5, 5.41) is 8.88. The lowest BCUT2D eigenvalue weighted by Gasteiger charge is -2.05. The summed E-state index contributed by atoms with van der Waals surface area (Å²) < 4.78 is 9.71. The normalized spacial score (nSPS) is 10.3. The highest BCUT2D eigenvalue weighted by Crippen LogP contribution is 2.10. The second-order valence-electron chi connectivity index (χ2n) is 4.46. The molecular weight excluding hydrogens is 288 g/mol. The molecule has 0 fully saturated rings. The van der Waals surface area contributed by atoms with E-state index >= 15 is 0 Å². The van der Waals surface area contributed by atoms with Gasteiger partial charge in [0.2, 0.25) is 0 Å². The van der Waals surface area contributed by atoms with Gasteiger partial charge in [-0.2, -0.15) is 0 Å². The van der Waals surface area contributed by atoms with Gasteiger partial charge in [0.25, 0.3) is 11.8 Å². The number of methoxy groups -OCH3 is 1. The van der Waals surface area contributed by atoms with E-state index in [0.29, 0.717) is 30.3 Å². The molecule has 0 atom stereocenters. The van der Waals surface area contributed by atoms with E-state index in [2.05, 4.69) is 20.8 Å². The Balaban J connectivity index is 2.04. The van der Waals surface area contributed by atoms with Gasteiger partial charge in [-0.3, -0.25) is 14.6 Å². The van der Waals surface area contributed by atoms with E-state index in [1.54, 1.807) is 20.1 Å². The Morgan fingerprint density at radius 3 is 2.82 bits per heavy atom. The molecule has 22 heavy (non-hydrogen) atoms. The number of aryl methyl sites for hydroxylation is 1. The molecule has 116 valence electrons. The van der Waals surface area contributed by atoms with Crippen LogP contribution in [-0.2, 0) is 4.74 Å². The number of hydrogen-bond acceptors (Lipinski definition) is 6. The number of nitrogens with zero attached hydrogens (tertiary/aromatic N) is 2. The number of anilines is 1. The fourth-order valence-corrected chi connectivity index (χ4v) is 1.67. The highest BCUT2D eigenvalue weighted by molar-refractivity contribution is 6.05. The summed E-state index contributed by atoms with van der Waals surface area (Å²) in [5.74, 6) is 0.124. The zero-order chi connectivity index (χ0) is 15.9. The average Bonchev–Trinajstić information content (AvgIpc) is 2.92. The lowest BCUT2D eigenvalue weighted by atomic mass is 10.2. The van der Waals surface area contributed by atoms with Crippen LogP contribution in [0.25, 0.3) is 0 Å². The Bertz CT molecular complexity index is 668. The highest BCUT2D eigenvalue weighted by atomic mass is 16.5. The Labute approximate surface area is 126 Å². The molecule has 0 unspecified atom stereocenters. The number of rotatable bonds is 6. The summed E-state index contributed by atoms with van der Waals surface area (Å²) in [6.07, 6.45) is 1.40. The molecule has 2 heterocycles. The third-order valence-corrected chi connectivity index (χ3v) is 2.72. The Kier molecular flexibility index (Phi) is 5.21. The number of nitrogens with one attached hydrogen (secondary N) is 2. The van der Waals surface area contributed by atoms with E-state index in [0.717, 1.165) is 0 Å². The van der Waals surface area contributed by atoms with Crippen LogP contribution in [0.5, 0.6) is 0 Å². The number of pyridine rings is 1. The standard InChI is InChI=1S/C14H16N4O4/c1-9-7-12(18-22-9)17-13(19)10-3-4-15-11(8-10)14(20)16-5-6-21-2/h3-4,7-8H,5-6H2,1-2H3,(H,16,20)(H,17,18,19). The number of carbonyl (C=O) groups excluding carboxylic acids is 2. The number of ether oxygens (including phenoxy) is 1. The maximum absolute atomic E-state index is 12.1. The predicted octanol–water partition coefficient (Wildman–Crippen LogP) is 1.01. The molecule has 2 N–H and O–H groups in total. The topological polar surface area (TPSA) is 106 Å². The van der Waals surface area contributed by atoms with Crippen LogP contribution < -0.4 is 10.6 Å². The lowest BCUT2D eigenvalue weighted by molar-refractivity contribution is 0.0932. The Hall–Kier alpha value is -2.74. The van der Waals surface area contributed by atoms with Crippen molar-refractivity contribution in [1.29, 1.82) is 0 Å². The summed E-state index contributed by atoms with van der Waals surface area (Å²) in [6, 6.07) is 4.51. The van der Waals surface area contributed by atoms with E-state index < -0.39 is 5.91 Å². The van der Waals surface area contributed by atoms with Gasteiger partial charge >= 0.3 is 0 Å². The first-order valence-corrected chi connectivity index (χ1v) is 6.58. The van der Waals surface area contributed by atoms with Gasteiger partial charge in [0, 0.05) is 31.5 Å². The zero-order valence-corrected chi connectivity index (χ0v) is 12.3. The van der Waals surface area contributed by atoms with E-state index in [-0.39, 0.29) is 11.6 Å². The van der Waals surface area contributed by atoms with Crippen LogP contribution in [0, 0.1) is 6.92 Å². The van der Waals surface area contributed by atoms with Crippen molar-refractivity contribution in [3.8, 4) is 0 Å². The van der Waals surface area contributed by atoms with E-state index in [4.69, 9.17) is 9.26 Å². The molecule has 8 heteroatoms. The summed E-state index contributed by atoms with van der Waals surface area (Å²) in [5.41, 5.74) is 0.452. The van der Waals surface area contributed by atoms with Gasteiger partial charge in [-0.1, -0.05) is 5.16 Å². The fourth-order valence-electron chi connectivity index (χ4n) is 1.67. The molecule has 0 saturated carbocycles. The smallest absolute Gasteiger partial charge is 0.269 e. The molecule has 8 nitrogen and oxygen atoms in total. The van der Waals surface area contributed by atoms with Crippen LogP contribution in [0.1, 0.15) is 26.6 Å². The molecule has 0 saturated heterocycles. The van der Waals surface area contributed by atoms with Crippen molar-refractivity contribution < 1.29 is 18.8 Å². The molecule has 0 aliphatic heterocycles. The number of aromatic nitrogens is 2. The number of hydrogen-bond donors (Lipinski definition) is 2. The van der Waals surface area contributed by atoms with Gasteiger partial charge < -0.3 is 19.9 Å². The fraction of sp³-hybridized carbons (Fsp3) is 0.286. The van der Waals surface area contributed by atoms with Crippen molar-refractivity contribution >= 4 is 17.6 Å². The van der Waals surface area contributed by atoms with Gasteiger partial charge in [0.1, 0.15) is 11.5 Å². The van der Waals surface area contributed by atoms with Crippen molar-refractivity contribution in [2.24, 2.45) is 0 Å². The van der Waals surface area contributed by atoms with Gasteiger partial charge in [-0.15, -0.1) is 0 Å². The minimum atomic E-state index is -0.401. The SMILES string of the molecule is COCCNC(=O)c1cc(C(=O)Nc2cc(C)on2)ccn1. The quantitative estimate of drug-likeness (QED) is 0.771. The second-order valence-corrected chi connectivity index (χ2v) is 4.46. The Morgan fingerprint density at radius 1 is 1.32 bits per heavy atom. The molecule has 2 aromatic heterocycles. The van der Waals surface area contributed by atoms with Crippen molar-refractivity contribution in [3.63, 3.8) is 0 Å². The predicted molar refractivity (Wildman–Crippen MR) is 77.6 cm³/mol. The first-order chi connectivity index (χ1) is 10.6. The summed E-state index contributed by atoms with van der Waals surface area (Å²) in [7, 11) is 1.54. The monoisotopic (exact) mass is 304 g/mol. The minimum Gasteiger partial charge on any atom is -0.383 e. The van der Waals surface area contributed by atoms with Crippen LogP contribution in [-0.4, -0.2) is 42.2 Å². The maximum Gasteiger partial charge on any atom is 0.269 e. The average molecular weight is 304 g/mol. The molecular formula is C14H16N4O4. The van der Waals surface area contributed by atoms with Crippen molar-refractivity contribution in [2.75, 3.05) is 25.6 Å². The number of amides is 2. The van der Waals surface area contributed by atoms with Crippen LogP contribution in [0.2, 0.25) is 0 Å². The maximum atomic E-state index is 12.1. The number of carbonyl (C=O) groups is 2. The molecule has 0 bridgehead atoms. The van der Waals surface area contributed by atoms with Crippen LogP contribution in [0.4, 0.5) is 5.82 Å². The highest BCUT2D eigenvalue weighted by Gasteiger charge is 2.13. The molecule has 0 spiro atoms. The van der Waals surface area contributed by atoms with Gasteiger partial charge in [-0.25, -0.2) is 0 Å². The summed E-state index contributed by atoms with van der Waals surface area (Å²) >= 11 is 0. The lowest BCUT2D eigenvalue weighted by Crippen LogP contribution is -2.28. The van der Waals surface area contributed by atoms with Crippen LogP contribution >= 0.6 is 0 Å². The molecule has 0 aromatic carbocycles. The van der Waals surface area contributed by atoms with Gasteiger partial charge in [-0.05, 0) is 19.1 Å². The van der Waals surface area contributed by atoms with Crippen molar-refractivity contribution in [3.05, 3.63) is 41.4 Å². The summed E-state index contributed by atoms with van der Waals surface area (Å²) in [4.78, 5) is 27.9. The van der Waals surface area contributed by atoms with Crippen LogP contribution in [0.15, 0.2) is 28.9 Å². The Morgan fingerprint density at radius 2 is 2.14 bits per heavy atom. The third-order valence-electron chi connectivity index (χ3n) is 2.72. The van der Waals surface area contributed by atoms with Crippen molar-refractivity contribution in [2.45, 2.75) is 6.92 Å². The van der Waals surface area contributed by atoms with Gasteiger partial charge in [0.15, 0.2) is 5.82 Å². The second kappa shape index (κ2) is 7.32. The molecule has 2 amide bonds. The van der Waals surface area contributed by atoms with E-state index in [1.165, 1.54) is 18.3 Å². The summed E-state index contributed by atoms with van der Waals surface area (Å²) in [6.45, 7) is 2.49. The van der Waals surface area contributed by atoms with E-state index in [9.17, 15) is 9.59 Å². The van der Waals surface area contributed by atoms with Crippen molar-refractivity contribution in [1.82, 2.24) is 15.5 Å². The zero-order valence-electron chi connectivity index (χ0n) is 12.3. The molecule has 0 aliphatic carbocycles. The molecule has 2 rings (SSSR count). The first kappa shape index (κ1) is 15.6. The van der Waals surface area contributed by atoms with E-state index in [1.807, 2.05) is 0 Å². The van der Waals surface area contributed by atoms with Gasteiger partial charge in [0.05, 0.1) is 6.61 Å². The largest absolute Gasteiger partial charge is 0.383 e. The third kappa shape index (κ3) is 4.13. The molecule has 2 aromatic rings. The van der Waals surface area contributed by atoms with Crippen LogP contribution in [0.3, 0.4) is 0 Å². The molecule has 0 radical (unpaired) electrons. The molecule has 0 aliphatic rings. The first-order valence-electron chi connectivity index (χ1n) is 6.58.